The van der Waals surface area contributed by atoms with Crippen LogP contribution in [0.2, 0.25) is 0 Å². The second kappa shape index (κ2) is 8.35. The van der Waals surface area contributed by atoms with E-state index in [1.165, 1.54) is 4.80 Å². The van der Waals surface area contributed by atoms with Crippen molar-refractivity contribution in [3.63, 3.8) is 0 Å². The number of carbonyl (C=O) groups excluding carboxylic acids is 1. The molecule has 3 heterocycles. The van der Waals surface area contributed by atoms with Crippen molar-refractivity contribution in [3.8, 4) is 11.6 Å². The first-order valence-corrected chi connectivity index (χ1v) is 11.1. The van der Waals surface area contributed by atoms with Gasteiger partial charge in [0.2, 0.25) is 5.88 Å². The summed E-state index contributed by atoms with van der Waals surface area (Å²) < 4.78 is 6.16. The number of piperidine rings is 1. The van der Waals surface area contributed by atoms with E-state index >= 15 is 0 Å². The first-order chi connectivity index (χ1) is 15.5. The van der Waals surface area contributed by atoms with Crippen LogP contribution in [0.15, 0.2) is 55.0 Å². The summed E-state index contributed by atoms with van der Waals surface area (Å²) in [6.45, 7) is 3.00. The smallest absolute Gasteiger partial charge is 0.256 e. The number of hydrogen-bond acceptors (Lipinski definition) is 6. The highest BCUT2D eigenvalue weighted by Gasteiger charge is 2.41. The molecule has 1 aromatic carbocycles. The van der Waals surface area contributed by atoms with Crippen molar-refractivity contribution in [2.45, 2.75) is 44.3 Å². The van der Waals surface area contributed by atoms with Gasteiger partial charge in [-0.25, -0.2) is 4.98 Å². The fourth-order valence-electron chi connectivity index (χ4n) is 4.40. The van der Waals surface area contributed by atoms with E-state index in [1.807, 2.05) is 42.2 Å². The lowest BCUT2D eigenvalue weighted by molar-refractivity contribution is 0.0320. The highest BCUT2D eigenvalue weighted by molar-refractivity contribution is 5.97. The molecule has 8 heteroatoms. The zero-order valence-electron chi connectivity index (χ0n) is 18.1. The molecule has 0 spiro atoms. The van der Waals surface area contributed by atoms with Gasteiger partial charge in [-0.15, -0.1) is 0 Å². The Morgan fingerprint density at radius 1 is 1.12 bits per heavy atom. The van der Waals surface area contributed by atoms with Gasteiger partial charge in [0.15, 0.2) is 0 Å². The van der Waals surface area contributed by atoms with Gasteiger partial charge in [0.25, 0.3) is 5.91 Å². The molecule has 0 radical (unpaired) electrons. The van der Waals surface area contributed by atoms with Crippen LogP contribution in [0, 0.1) is 5.92 Å². The summed E-state index contributed by atoms with van der Waals surface area (Å²) in [5.41, 5.74) is 1.18. The normalized spacial score (nSPS) is 20.6. The number of hydrogen-bond donors (Lipinski definition) is 1. The van der Waals surface area contributed by atoms with E-state index in [2.05, 4.69) is 15.2 Å². The van der Waals surface area contributed by atoms with E-state index in [1.54, 1.807) is 24.7 Å². The molecule has 8 nitrogen and oxygen atoms in total. The van der Waals surface area contributed by atoms with Crippen molar-refractivity contribution in [2.24, 2.45) is 5.92 Å². The molecule has 2 unspecified atom stereocenters. The summed E-state index contributed by atoms with van der Waals surface area (Å²) in [4.78, 5) is 21.0. The van der Waals surface area contributed by atoms with Crippen LogP contribution in [0.25, 0.3) is 5.69 Å². The van der Waals surface area contributed by atoms with Gasteiger partial charge in [-0.2, -0.15) is 15.0 Å². The Hall–Kier alpha value is -3.26. The van der Waals surface area contributed by atoms with E-state index in [9.17, 15) is 9.90 Å². The van der Waals surface area contributed by atoms with Gasteiger partial charge >= 0.3 is 0 Å². The number of pyridine rings is 1. The number of rotatable bonds is 6. The molecule has 2 aliphatic rings. The molecule has 32 heavy (non-hydrogen) atoms. The Bertz CT molecular complexity index is 1090. The van der Waals surface area contributed by atoms with E-state index in [-0.39, 0.29) is 12.0 Å². The van der Waals surface area contributed by atoms with Gasteiger partial charge in [0.05, 0.1) is 35.8 Å². The predicted octanol–water partition coefficient (Wildman–Crippen LogP) is 2.96. The molecule has 2 atom stereocenters. The van der Waals surface area contributed by atoms with Crippen molar-refractivity contribution >= 4 is 5.91 Å². The average Bonchev–Trinajstić information content (AvgIpc) is 3.55. The van der Waals surface area contributed by atoms with Gasteiger partial charge in [0, 0.05) is 18.8 Å². The largest absolute Gasteiger partial charge is 0.472 e. The summed E-state index contributed by atoms with van der Waals surface area (Å²) in [5, 5.41) is 19.2. The monoisotopic (exact) mass is 433 g/mol. The number of amides is 1. The van der Waals surface area contributed by atoms with Crippen molar-refractivity contribution in [1.82, 2.24) is 24.9 Å². The minimum Gasteiger partial charge on any atom is -0.472 e. The molecule has 1 N–H and O–H groups in total. The molecule has 166 valence electrons. The average molecular weight is 434 g/mol. The minimum absolute atomic E-state index is 0.0652. The van der Waals surface area contributed by atoms with Crippen LogP contribution in [0.1, 0.15) is 48.5 Å². The SMILES string of the molecule is CC(O)(c1ccnc(OC2CCCN(C(=O)c3ccccc3-n3nccn3)C2)c1)C1CC1. The highest BCUT2D eigenvalue weighted by atomic mass is 16.5. The lowest BCUT2D eigenvalue weighted by atomic mass is 9.92. The zero-order valence-corrected chi connectivity index (χ0v) is 18.1. The maximum Gasteiger partial charge on any atom is 0.256 e. The molecule has 1 saturated heterocycles. The van der Waals surface area contributed by atoms with Gasteiger partial charge in [-0.1, -0.05) is 12.1 Å². The van der Waals surface area contributed by atoms with E-state index in [0.29, 0.717) is 36.1 Å². The molecular weight excluding hydrogens is 406 g/mol. The first-order valence-electron chi connectivity index (χ1n) is 11.1. The highest BCUT2D eigenvalue weighted by Crippen LogP contribution is 2.45. The molecule has 2 fully saturated rings. The summed E-state index contributed by atoms with van der Waals surface area (Å²) in [6.07, 6.45) is 8.48. The molecular formula is C24H27N5O3. The molecule has 0 bridgehead atoms. The Balaban J connectivity index is 1.30. The lowest BCUT2D eigenvalue weighted by Gasteiger charge is -2.33. The fraction of sp³-hybridized carbons (Fsp3) is 0.417. The minimum atomic E-state index is -0.861. The van der Waals surface area contributed by atoms with E-state index < -0.39 is 5.60 Å². The molecule has 1 amide bonds. The van der Waals surface area contributed by atoms with Crippen LogP contribution >= 0.6 is 0 Å². The molecule has 3 aromatic rings. The number of aromatic nitrogens is 4. The topological polar surface area (TPSA) is 93.4 Å². The number of aliphatic hydroxyl groups is 1. The van der Waals surface area contributed by atoms with Crippen LogP contribution in [0.5, 0.6) is 5.88 Å². The fourth-order valence-corrected chi connectivity index (χ4v) is 4.40. The number of para-hydroxylation sites is 1. The van der Waals surface area contributed by atoms with Crippen LogP contribution in [-0.4, -0.2) is 55.1 Å². The Morgan fingerprint density at radius 3 is 2.69 bits per heavy atom. The standard InChI is InChI=1S/C24H27N5O3/c1-24(31,17-8-9-17)18-10-11-25-22(15-18)32-19-5-4-14-28(16-19)23(30)20-6-2-3-7-21(20)29-26-12-13-27-29/h2-3,6-7,10-13,15,17,19,31H,4-5,8-9,14,16H2,1H3. The second-order valence-electron chi connectivity index (χ2n) is 8.77. The van der Waals surface area contributed by atoms with Crippen molar-refractivity contribution < 1.29 is 14.6 Å². The van der Waals surface area contributed by atoms with Gasteiger partial charge < -0.3 is 14.7 Å². The van der Waals surface area contributed by atoms with Crippen LogP contribution in [-0.2, 0) is 5.60 Å². The molecule has 2 aromatic heterocycles. The molecule has 1 saturated carbocycles. The number of nitrogens with zero attached hydrogens (tertiary/aromatic N) is 5. The molecule has 1 aliphatic heterocycles. The Labute approximate surface area is 186 Å². The molecule has 1 aliphatic carbocycles. The Morgan fingerprint density at radius 2 is 1.91 bits per heavy atom. The summed E-state index contributed by atoms with van der Waals surface area (Å²) >= 11 is 0. The first kappa shape index (κ1) is 20.6. The number of likely N-dealkylation sites (tertiary alicyclic amines) is 1. The quantitative estimate of drug-likeness (QED) is 0.642. The zero-order chi connectivity index (χ0) is 22.1. The summed E-state index contributed by atoms with van der Waals surface area (Å²) in [6, 6.07) is 11.0. The lowest BCUT2D eigenvalue weighted by Crippen LogP contribution is -2.44. The maximum absolute atomic E-state index is 13.3. The third kappa shape index (κ3) is 4.10. The van der Waals surface area contributed by atoms with Gasteiger partial charge in [0.1, 0.15) is 6.10 Å². The number of benzene rings is 1. The predicted molar refractivity (Wildman–Crippen MR) is 117 cm³/mol. The third-order valence-electron chi connectivity index (χ3n) is 6.41. The van der Waals surface area contributed by atoms with Gasteiger partial charge in [-0.3, -0.25) is 4.79 Å². The summed E-state index contributed by atoms with van der Waals surface area (Å²) in [7, 11) is 0. The van der Waals surface area contributed by atoms with Crippen LogP contribution in [0.3, 0.4) is 0 Å². The third-order valence-corrected chi connectivity index (χ3v) is 6.41. The van der Waals surface area contributed by atoms with Crippen LogP contribution < -0.4 is 4.74 Å². The second-order valence-corrected chi connectivity index (χ2v) is 8.77. The van der Waals surface area contributed by atoms with E-state index in [0.717, 1.165) is 31.2 Å². The van der Waals surface area contributed by atoms with Gasteiger partial charge in [-0.05, 0) is 62.3 Å². The van der Waals surface area contributed by atoms with Crippen molar-refractivity contribution in [3.05, 3.63) is 66.1 Å². The molecule has 5 rings (SSSR count). The number of ether oxygens (including phenoxy) is 1. The van der Waals surface area contributed by atoms with Crippen molar-refractivity contribution in [1.29, 1.82) is 0 Å². The van der Waals surface area contributed by atoms with E-state index in [4.69, 9.17) is 4.74 Å². The number of carbonyl (C=O) groups is 1. The van der Waals surface area contributed by atoms with Crippen molar-refractivity contribution in [2.75, 3.05) is 13.1 Å². The Kier molecular flexibility index (Phi) is 5.38. The van der Waals surface area contributed by atoms with Crippen LogP contribution in [0.4, 0.5) is 0 Å². The maximum atomic E-state index is 13.3. The summed E-state index contributed by atoms with van der Waals surface area (Å²) in [5.74, 6) is 0.721.